The number of rotatable bonds is 10. The zero-order valence-electron chi connectivity index (χ0n) is 12.0. The minimum absolute atomic E-state index is 0.914. The first-order valence-corrected chi connectivity index (χ1v) is 7.79. The summed E-state index contributed by atoms with van der Waals surface area (Å²) in [5, 5.41) is 3.65. The third kappa shape index (κ3) is 7.05. The first-order valence-electron chi connectivity index (χ1n) is 7.79. The molecule has 2 nitrogen and oxygen atoms in total. The second-order valence-corrected chi connectivity index (χ2v) is 5.55. The summed E-state index contributed by atoms with van der Waals surface area (Å²) in [6.07, 6.45) is 9.62. The van der Waals surface area contributed by atoms with Crippen molar-refractivity contribution in [2.24, 2.45) is 5.92 Å². The molecular weight excluding hydrogens is 208 g/mol. The molecule has 0 aromatic rings. The monoisotopic (exact) mass is 240 g/mol. The van der Waals surface area contributed by atoms with Gasteiger partial charge in [-0.05, 0) is 70.7 Å². The van der Waals surface area contributed by atoms with Crippen molar-refractivity contribution in [2.45, 2.75) is 58.8 Å². The molecule has 0 unspecified atom stereocenters. The average molecular weight is 240 g/mol. The molecule has 102 valence electrons. The van der Waals surface area contributed by atoms with Crippen molar-refractivity contribution in [3.8, 4) is 0 Å². The van der Waals surface area contributed by atoms with E-state index in [0.717, 1.165) is 5.92 Å². The molecule has 1 fully saturated rings. The molecule has 1 aliphatic heterocycles. The van der Waals surface area contributed by atoms with Gasteiger partial charge in [0.05, 0.1) is 0 Å². The second-order valence-electron chi connectivity index (χ2n) is 5.55. The van der Waals surface area contributed by atoms with Gasteiger partial charge in [0.25, 0.3) is 0 Å². The second kappa shape index (κ2) is 9.90. The van der Waals surface area contributed by atoms with Crippen LogP contribution in [0.25, 0.3) is 0 Å². The van der Waals surface area contributed by atoms with Crippen molar-refractivity contribution < 1.29 is 0 Å². The lowest BCUT2D eigenvalue weighted by molar-refractivity contribution is 0.326. The van der Waals surface area contributed by atoms with Crippen LogP contribution in [-0.2, 0) is 0 Å². The van der Waals surface area contributed by atoms with Crippen LogP contribution in [0.1, 0.15) is 58.8 Å². The maximum atomic E-state index is 3.65. The Morgan fingerprint density at radius 2 is 1.71 bits per heavy atom. The summed E-state index contributed by atoms with van der Waals surface area (Å²) in [5.41, 5.74) is 0. The van der Waals surface area contributed by atoms with Crippen LogP contribution in [0.4, 0.5) is 0 Å². The van der Waals surface area contributed by atoms with E-state index in [1.807, 2.05) is 0 Å². The molecule has 2 heteroatoms. The molecule has 0 amide bonds. The fourth-order valence-electron chi connectivity index (χ4n) is 2.91. The zero-order valence-corrected chi connectivity index (χ0v) is 12.0. The van der Waals surface area contributed by atoms with Crippen molar-refractivity contribution in [3.63, 3.8) is 0 Å². The van der Waals surface area contributed by atoms with Crippen LogP contribution in [-0.4, -0.2) is 37.6 Å². The van der Waals surface area contributed by atoms with E-state index in [1.165, 1.54) is 77.7 Å². The van der Waals surface area contributed by atoms with E-state index in [-0.39, 0.29) is 0 Å². The van der Waals surface area contributed by atoms with E-state index >= 15 is 0 Å². The Hall–Kier alpha value is -0.0800. The molecule has 0 atom stereocenters. The van der Waals surface area contributed by atoms with Crippen molar-refractivity contribution in [3.05, 3.63) is 0 Å². The Balaban J connectivity index is 1.93. The van der Waals surface area contributed by atoms with Gasteiger partial charge in [-0.1, -0.05) is 26.7 Å². The van der Waals surface area contributed by atoms with E-state index < -0.39 is 0 Å². The highest BCUT2D eigenvalue weighted by molar-refractivity contribution is 4.67. The van der Waals surface area contributed by atoms with Crippen molar-refractivity contribution in [2.75, 3.05) is 32.7 Å². The third-order valence-electron chi connectivity index (χ3n) is 3.85. The highest BCUT2D eigenvalue weighted by Crippen LogP contribution is 2.12. The van der Waals surface area contributed by atoms with Crippen LogP contribution in [0, 0.1) is 5.92 Å². The Labute approximate surface area is 108 Å². The minimum atomic E-state index is 0.914. The Morgan fingerprint density at radius 1 is 1.06 bits per heavy atom. The fourth-order valence-corrected chi connectivity index (χ4v) is 2.91. The van der Waals surface area contributed by atoms with E-state index in [2.05, 4.69) is 24.1 Å². The van der Waals surface area contributed by atoms with E-state index in [1.54, 1.807) is 0 Å². The lowest BCUT2D eigenvalue weighted by Gasteiger charge is -2.17. The van der Waals surface area contributed by atoms with Gasteiger partial charge in [-0.15, -0.1) is 0 Å². The Kier molecular flexibility index (Phi) is 8.72. The molecule has 1 heterocycles. The maximum Gasteiger partial charge on any atom is -0.000664 e. The molecule has 0 aromatic heterocycles. The van der Waals surface area contributed by atoms with Crippen molar-refractivity contribution in [1.82, 2.24) is 10.2 Å². The number of hydrogen-bond donors (Lipinski definition) is 1. The highest BCUT2D eigenvalue weighted by Gasteiger charge is 2.10. The Bertz CT molecular complexity index is 158. The predicted octanol–water partition coefficient (Wildman–Crippen LogP) is 3.28. The maximum absolute atomic E-state index is 3.65. The SMILES string of the molecule is CCCC(CCC)CNCCCN1CCCC1. The molecule has 17 heavy (non-hydrogen) atoms. The van der Waals surface area contributed by atoms with Crippen LogP contribution in [0.15, 0.2) is 0 Å². The molecule has 0 saturated carbocycles. The number of nitrogens with zero attached hydrogens (tertiary/aromatic N) is 1. The largest absolute Gasteiger partial charge is 0.316 e. The molecule has 0 aliphatic carbocycles. The summed E-state index contributed by atoms with van der Waals surface area (Å²) in [4.78, 5) is 2.61. The van der Waals surface area contributed by atoms with Gasteiger partial charge in [0, 0.05) is 0 Å². The molecule has 1 saturated heterocycles. The van der Waals surface area contributed by atoms with Gasteiger partial charge in [-0.2, -0.15) is 0 Å². The zero-order chi connectivity index (χ0) is 12.3. The molecular formula is C15H32N2. The summed E-state index contributed by atoms with van der Waals surface area (Å²) < 4.78 is 0. The number of hydrogen-bond acceptors (Lipinski definition) is 2. The summed E-state index contributed by atoms with van der Waals surface area (Å²) in [5.74, 6) is 0.914. The van der Waals surface area contributed by atoms with Crippen LogP contribution in [0.5, 0.6) is 0 Å². The van der Waals surface area contributed by atoms with Crippen LogP contribution < -0.4 is 5.32 Å². The summed E-state index contributed by atoms with van der Waals surface area (Å²) >= 11 is 0. The molecule has 1 aliphatic rings. The van der Waals surface area contributed by atoms with Gasteiger partial charge >= 0.3 is 0 Å². The molecule has 0 spiro atoms. The Morgan fingerprint density at radius 3 is 2.29 bits per heavy atom. The fraction of sp³-hybridized carbons (Fsp3) is 1.00. The quantitative estimate of drug-likeness (QED) is 0.590. The third-order valence-corrected chi connectivity index (χ3v) is 3.85. The lowest BCUT2D eigenvalue weighted by Crippen LogP contribution is -2.28. The first-order chi connectivity index (χ1) is 8.36. The van der Waals surface area contributed by atoms with E-state index in [9.17, 15) is 0 Å². The minimum Gasteiger partial charge on any atom is -0.316 e. The summed E-state index contributed by atoms with van der Waals surface area (Å²) in [7, 11) is 0. The highest BCUT2D eigenvalue weighted by atomic mass is 15.1. The van der Waals surface area contributed by atoms with Gasteiger partial charge in [0.1, 0.15) is 0 Å². The van der Waals surface area contributed by atoms with Crippen LogP contribution in [0.2, 0.25) is 0 Å². The lowest BCUT2D eigenvalue weighted by atomic mass is 9.98. The number of likely N-dealkylation sites (tertiary alicyclic amines) is 1. The van der Waals surface area contributed by atoms with Gasteiger partial charge in [0.2, 0.25) is 0 Å². The molecule has 1 rings (SSSR count). The van der Waals surface area contributed by atoms with Gasteiger partial charge in [-0.25, -0.2) is 0 Å². The van der Waals surface area contributed by atoms with Crippen molar-refractivity contribution >= 4 is 0 Å². The standard InChI is InChI=1S/C15H32N2/c1-3-8-15(9-4-2)14-16-10-7-13-17-11-5-6-12-17/h15-16H,3-14H2,1-2H3. The molecule has 1 N–H and O–H groups in total. The summed E-state index contributed by atoms with van der Waals surface area (Å²) in [6.45, 7) is 11.0. The normalized spacial score (nSPS) is 17.1. The van der Waals surface area contributed by atoms with Crippen molar-refractivity contribution in [1.29, 1.82) is 0 Å². The molecule has 0 aromatic carbocycles. The first kappa shape index (κ1) is 15.0. The van der Waals surface area contributed by atoms with E-state index in [0.29, 0.717) is 0 Å². The topological polar surface area (TPSA) is 15.3 Å². The van der Waals surface area contributed by atoms with Gasteiger partial charge < -0.3 is 10.2 Å². The predicted molar refractivity (Wildman–Crippen MR) is 76.5 cm³/mol. The van der Waals surface area contributed by atoms with Gasteiger partial charge in [-0.3, -0.25) is 0 Å². The van der Waals surface area contributed by atoms with Crippen LogP contribution in [0.3, 0.4) is 0 Å². The average Bonchev–Trinajstić information content (AvgIpc) is 2.82. The van der Waals surface area contributed by atoms with Gasteiger partial charge in [0.15, 0.2) is 0 Å². The van der Waals surface area contributed by atoms with Crippen LogP contribution >= 0.6 is 0 Å². The summed E-state index contributed by atoms with van der Waals surface area (Å²) in [6, 6.07) is 0. The smallest absolute Gasteiger partial charge is 0.000664 e. The molecule has 0 bridgehead atoms. The number of nitrogens with one attached hydrogen (secondary N) is 1. The van der Waals surface area contributed by atoms with E-state index in [4.69, 9.17) is 0 Å². The molecule has 0 radical (unpaired) electrons.